The van der Waals surface area contributed by atoms with Crippen LogP contribution in [0.1, 0.15) is 25.7 Å². The lowest BCUT2D eigenvalue weighted by atomic mass is 9.93. The van der Waals surface area contributed by atoms with Gasteiger partial charge in [-0.1, -0.05) is 0 Å². The molecule has 0 aliphatic heterocycles. The number of nitrogens with zero attached hydrogens (tertiary/aromatic N) is 1. The van der Waals surface area contributed by atoms with Gasteiger partial charge in [-0.2, -0.15) is 0 Å². The van der Waals surface area contributed by atoms with Gasteiger partial charge in [0.05, 0.1) is 13.2 Å². The number of hydrogen-bond acceptors (Lipinski definition) is 4. The molecule has 1 aromatic heterocycles. The van der Waals surface area contributed by atoms with E-state index in [1.807, 2.05) is 12.1 Å². The van der Waals surface area contributed by atoms with Crippen molar-refractivity contribution in [3.8, 4) is 5.75 Å². The third kappa shape index (κ3) is 2.64. The molecule has 0 spiro atoms. The zero-order chi connectivity index (χ0) is 11.4. The first-order valence-electron chi connectivity index (χ1n) is 5.73. The molecule has 1 aliphatic carbocycles. The molecule has 0 unspecified atom stereocenters. The first kappa shape index (κ1) is 11.2. The van der Waals surface area contributed by atoms with Crippen molar-refractivity contribution in [1.82, 2.24) is 4.98 Å². The zero-order valence-electron chi connectivity index (χ0n) is 9.52. The van der Waals surface area contributed by atoms with Crippen LogP contribution in [0.5, 0.6) is 5.75 Å². The average Bonchev–Trinajstić information content (AvgIpc) is 2.33. The highest BCUT2D eigenvalue weighted by Crippen LogP contribution is 2.26. The second kappa shape index (κ2) is 5.16. The molecule has 16 heavy (non-hydrogen) atoms. The van der Waals surface area contributed by atoms with E-state index in [9.17, 15) is 5.11 Å². The van der Waals surface area contributed by atoms with Crippen molar-refractivity contribution in [2.24, 2.45) is 0 Å². The number of nitrogens with one attached hydrogen (secondary N) is 1. The van der Waals surface area contributed by atoms with E-state index in [0.717, 1.165) is 37.3 Å². The van der Waals surface area contributed by atoms with E-state index in [0.29, 0.717) is 6.04 Å². The fraction of sp³-hybridized carbons (Fsp3) is 0.583. The minimum absolute atomic E-state index is 0.122. The van der Waals surface area contributed by atoms with Crippen molar-refractivity contribution in [3.63, 3.8) is 0 Å². The molecule has 4 heteroatoms. The number of aromatic nitrogens is 1. The highest BCUT2D eigenvalue weighted by molar-refractivity contribution is 5.50. The topological polar surface area (TPSA) is 54.4 Å². The van der Waals surface area contributed by atoms with Gasteiger partial charge in [0, 0.05) is 12.2 Å². The molecule has 1 fully saturated rings. The van der Waals surface area contributed by atoms with Crippen LogP contribution in [-0.4, -0.2) is 29.3 Å². The van der Waals surface area contributed by atoms with Crippen molar-refractivity contribution >= 4 is 5.82 Å². The Labute approximate surface area is 95.7 Å². The maximum absolute atomic E-state index is 9.43. The van der Waals surface area contributed by atoms with Gasteiger partial charge in [-0.3, -0.25) is 0 Å². The summed E-state index contributed by atoms with van der Waals surface area (Å²) >= 11 is 0. The highest BCUT2D eigenvalue weighted by Gasteiger charge is 2.20. The predicted molar refractivity (Wildman–Crippen MR) is 62.7 cm³/mol. The van der Waals surface area contributed by atoms with Gasteiger partial charge in [0.15, 0.2) is 11.6 Å². The van der Waals surface area contributed by atoms with E-state index in [2.05, 4.69) is 10.3 Å². The second-order valence-corrected chi connectivity index (χ2v) is 4.20. The third-order valence-corrected chi connectivity index (χ3v) is 3.03. The first-order valence-corrected chi connectivity index (χ1v) is 5.73. The molecule has 0 saturated heterocycles. The van der Waals surface area contributed by atoms with E-state index < -0.39 is 0 Å². The third-order valence-electron chi connectivity index (χ3n) is 3.03. The van der Waals surface area contributed by atoms with Gasteiger partial charge >= 0.3 is 0 Å². The Bertz CT molecular complexity index is 336. The normalized spacial score (nSPS) is 25.1. The lowest BCUT2D eigenvalue weighted by Crippen LogP contribution is -2.28. The van der Waals surface area contributed by atoms with Crippen LogP contribution in [0.2, 0.25) is 0 Å². The largest absolute Gasteiger partial charge is 0.493 e. The Kier molecular flexibility index (Phi) is 3.62. The second-order valence-electron chi connectivity index (χ2n) is 4.20. The summed E-state index contributed by atoms with van der Waals surface area (Å²) in [5.41, 5.74) is 0. The van der Waals surface area contributed by atoms with Crippen LogP contribution in [0, 0.1) is 0 Å². The van der Waals surface area contributed by atoms with Crippen LogP contribution in [0.15, 0.2) is 18.3 Å². The Hall–Kier alpha value is -1.29. The number of ether oxygens (including phenoxy) is 1. The average molecular weight is 222 g/mol. The van der Waals surface area contributed by atoms with Crippen molar-refractivity contribution < 1.29 is 9.84 Å². The molecule has 1 aliphatic rings. The van der Waals surface area contributed by atoms with Crippen molar-refractivity contribution in [1.29, 1.82) is 0 Å². The summed E-state index contributed by atoms with van der Waals surface area (Å²) in [4.78, 5) is 4.26. The summed E-state index contributed by atoms with van der Waals surface area (Å²) < 4.78 is 5.23. The Morgan fingerprint density at radius 3 is 2.81 bits per heavy atom. The number of rotatable bonds is 3. The predicted octanol–water partition coefficient (Wildman–Crippen LogP) is 1.81. The van der Waals surface area contributed by atoms with Gasteiger partial charge in [0.1, 0.15) is 0 Å². The summed E-state index contributed by atoms with van der Waals surface area (Å²) in [6, 6.07) is 4.15. The quantitative estimate of drug-likeness (QED) is 0.819. The molecule has 4 nitrogen and oxygen atoms in total. The molecule has 2 rings (SSSR count). The summed E-state index contributed by atoms with van der Waals surface area (Å²) in [7, 11) is 1.65. The van der Waals surface area contributed by atoms with E-state index in [-0.39, 0.29) is 6.10 Å². The zero-order valence-corrected chi connectivity index (χ0v) is 9.52. The number of hydrogen-bond donors (Lipinski definition) is 2. The molecule has 1 saturated carbocycles. The molecule has 2 N–H and O–H groups in total. The van der Waals surface area contributed by atoms with Gasteiger partial charge in [-0.25, -0.2) is 4.98 Å². The minimum atomic E-state index is -0.122. The van der Waals surface area contributed by atoms with E-state index >= 15 is 0 Å². The van der Waals surface area contributed by atoms with Crippen LogP contribution >= 0.6 is 0 Å². The van der Waals surface area contributed by atoms with Gasteiger partial charge in [0.2, 0.25) is 0 Å². The van der Waals surface area contributed by atoms with Gasteiger partial charge in [0.25, 0.3) is 0 Å². The molecule has 0 atom stereocenters. The van der Waals surface area contributed by atoms with E-state index in [1.54, 1.807) is 13.3 Å². The van der Waals surface area contributed by atoms with E-state index in [4.69, 9.17) is 4.74 Å². The number of aliphatic hydroxyl groups excluding tert-OH is 1. The van der Waals surface area contributed by atoms with Crippen LogP contribution in [0.4, 0.5) is 5.82 Å². The maximum Gasteiger partial charge on any atom is 0.168 e. The van der Waals surface area contributed by atoms with Crippen molar-refractivity contribution in [2.75, 3.05) is 12.4 Å². The molecule has 88 valence electrons. The van der Waals surface area contributed by atoms with Gasteiger partial charge < -0.3 is 15.2 Å². The van der Waals surface area contributed by atoms with Gasteiger partial charge in [-0.05, 0) is 37.8 Å². The smallest absolute Gasteiger partial charge is 0.168 e. The Morgan fingerprint density at radius 1 is 1.38 bits per heavy atom. The lowest BCUT2D eigenvalue weighted by Gasteiger charge is -2.27. The van der Waals surface area contributed by atoms with Crippen LogP contribution < -0.4 is 10.1 Å². The highest BCUT2D eigenvalue weighted by atomic mass is 16.5. The fourth-order valence-corrected chi connectivity index (χ4v) is 2.08. The van der Waals surface area contributed by atoms with Crippen LogP contribution in [0.25, 0.3) is 0 Å². The molecule has 0 radical (unpaired) electrons. The number of anilines is 1. The molecular weight excluding hydrogens is 204 g/mol. The molecule has 0 amide bonds. The van der Waals surface area contributed by atoms with Crippen molar-refractivity contribution in [3.05, 3.63) is 18.3 Å². The molecule has 1 heterocycles. The van der Waals surface area contributed by atoms with E-state index in [1.165, 1.54) is 0 Å². The fourth-order valence-electron chi connectivity index (χ4n) is 2.08. The number of aliphatic hydroxyl groups is 1. The first-order chi connectivity index (χ1) is 7.79. The standard InChI is InChI=1S/C12H18N2O2/c1-16-11-3-2-8-13-12(11)14-9-4-6-10(15)7-5-9/h2-3,8-10,15H,4-7H2,1H3,(H,13,14). The molecule has 1 aromatic rings. The Morgan fingerprint density at radius 2 is 2.12 bits per heavy atom. The number of methoxy groups -OCH3 is 1. The minimum Gasteiger partial charge on any atom is -0.493 e. The summed E-state index contributed by atoms with van der Waals surface area (Å²) in [5.74, 6) is 1.57. The van der Waals surface area contributed by atoms with Gasteiger partial charge in [-0.15, -0.1) is 0 Å². The molecular formula is C12H18N2O2. The molecule has 0 bridgehead atoms. The summed E-state index contributed by atoms with van der Waals surface area (Å²) in [6.07, 6.45) is 5.34. The SMILES string of the molecule is COc1cccnc1NC1CCC(O)CC1. The Balaban J connectivity index is 1.98. The van der Waals surface area contributed by atoms with Crippen molar-refractivity contribution in [2.45, 2.75) is 37.8 Å². The monoisotopic (exact) mass is 222 g/mol. The summed E-state index contributed by atoms with van der Waals surface area (Å²) in [5, 5.41) is 12.8. The van der Waals surface area contributed by atoms with Crippen LogP contribution in [0.3, 0.4) is 0 Å². The maximum atomic E-state index is 9.43. The van der Waals surface area contributed by atoms with Crippen LogP contribution in [-0.2, 0) is 0 Å². The lowest BCUT2D eigenvalue weighted by molar-refractivity contribution is 0.126. The number of pyridine rings is 1. The molecule has 0 aromatic carbocycles. The summed E-state index contributed by atoms with van der Waals surface area (Å²) in [6.45, 7) is 0.